The summed E-state index contributed by atoms with van der Waals surface area (Å²) >= 11 is 2.45. The average Bonchev–Trinajstić information content (AvgIpc) is 3.43. The first-order chi connectivity index (χ1) is 14.7. The first-order valence-electron chi connectivity index (χ1n) is 10.4. The minimum atomic E-state index is -0.160. The van der Waals surface area contributed by atoms with E-state index < -0.39 is 0 Å². The maximum Gasteiger partial charge on any atom is 0.319 e. The Labute approximate surface area is 187 Å². The van der Waals surface area contributed by atoms with Crippen molar-refractivity contribution in [1.29, 1.82) is 0 Å². The molecule has 154 valence electrons. The van der Waals surface area contributed by atoms with Gasteiger partial charge in [0.2, 0.25) is 5.89 Å². The Morgan fingerprint density at radius 2 is 2.20 bits per heavy atom. The van der Waals surface area contributed by atoms with Gasteiger partial charge < -0.3 is 14.3 Å². The lowest BCUT2D eigenvalue weighted by Crippen LogP contribution is -2.37. The van der Waals surface area contributed by atoms with E-state index in [0.717, 1.165) is 54.3 Å². The standard InChI is InChI=1S/C21H22IN7O/c1-12(22)14-6-3-8-29-17(14)10-16(27-29)19-18-15(23-11-24-18)7-9-28(19)21-26-25-20(30-21)13-4-2-5-13/h3,6,8,10-13,19H,2,4-5,7,9H2,1H3,(H,23,24)/t12?,19-/m1/s1. The van der Waals surface area contributed by atoms with Gasteiger partial charge in [0.15, 0.2) is 0 Å². The fourth-order valence-corrected chi connectivity index (χ4v) is 5.00. The van der Waals surface area contributed by atoms with Gasteiger partial charge in [0, 0.05) is 34.7 Å². The van der Waals surface area contributed by atoms with Crippen molar-refractivity contribution in [3.8, 4) is 0 Å². The number of hydrogen-bond acceptors (Lipinski definition) is 6. The Morgan fingerprint density at radius 1 is 1.30 bits per heavy atom. The number of H-pyrrole nitrogens is 1. The van der Waals surface area contributed by atoms with E-state index in [1.807, 2.05) is 10.7 Å². The Bertz CT molecular complexity index is 1210. The normalized spacial score (nSPS) is 20.3. The summed E-state index contributed by atoms with van der Waals surface area (Å²) in [6, 6.07) is 6.80. The SMILES string of the molecule is CC(I)c1cccn2nc([C@@H]3c4nc[nH]c4CCN3c3nnc(C4CCC4)o3)cc12. The highest BCUT2D eigenvalue weighted by Crippen LogP contribution is 2.40. The summed E-state index contributed by atoms with van der Waals surface area (Å²) in [7, 11) is 0. The Kier molecular flexibility index (Phi) is 4.32. The molecule has 2 atom stereocenters. The molecule has 1 aliphatic carbocycles. The predicted molar refractivity (Wildman–Crippen MR) is 120 cm³/mol. The van der Waals surface area contributed by atoms with Gasteiger partial charge in [-0.15, -0.1) is 5.10 Å². The first kappa shape index (κ1) is 18.3. The number of hydrogen-bond donors (Lipinski definition) is 1. The minimum Gasteiger partial charge on any atom is -0.408 e. The third kappa shape index (κ3) is 2.85. The van der Waals surface area contributed by atoms with Crippen molar-refractivity contribution >= 4 is 34.1 Å². The van der Waals surface area contributed by atoms with E-state index in [9.17, 15) is 0 Å². The molecule has 0 saturated heterocycles. The van der Waals surface area contributed by atoms with Crippen LogP contribution in [0.25, 0.3) is 5.52 Å². The van der Waals surface area contributed by atoms with Crippen LogP contribution in [0.3, 0.4) is 0 Å². The summed E-state index contributed by atoms with van der Waals surface area (Å²) in [4.78, 5) is 10.1. The lowest BCUT2D eigenvalue weighted by atomic mass is 9.85. The molecular formula is C21H22IN7O. The number of halogens is 1. The zero-order valence-corrected chi connectivity index (χ0v) is 18.8. The number of imidazole rings is 1. The molecule has 0 radical (unpaired) electrons. The summed E-state index contributed by atoms with van der Waals surface area (Å²) in [5.74, 6) is 1.18. The molecule has 1 unspecified atom stereocenters. The van der Waals surface area contributed by atoms with Crippen molar-refractivity contribution in [2.24, 2.45) is 0 Å². The van der Waals surface area contributed by atoms with Crippen LogP contribution in [0.2, 0.25) is 0 Å². The molecule has 4 aromatic heterocycles. The average molecular weight is 515 g/mol. The van der Waals surface area contributed by atoms with E-state index in [0.29, 0.717) is 15.9 Å². The van der Waals surface area contributed by atoms with Crippen molar-refractivity contribution in [3.05, 3.63) is 59.3 Å². The molecule has 0 amide bonds. The van der Waals surface area contributed by atoms with E-state index >= 15 is 0 Å². The van der Waals surface area contributed by atoms with Gasteiger partial charge in [0.1, 0.15) is 6.04 Å². The maximum absolute atomic E-state index is 6.14. The van der Waals surface area contributed by atoms with Crippen LogP contribution in [-0.2, 0) is 6.42 Å². The molecule has 1 fully saturated rings. The maximum atomic E-state index is 6.14. The fraction of sp³-hybridized carbons (Fsp3) is 0.429. The second kappa shape index (κ2) is 7.07. The van der Waals surface area contributed by atoms with Crippen molar-refractivity contribution in [3.63, 3.8) is 0 Å². The third-order valence-electron chi connectivity index (χ3n) is 6.32. The van der Waals surface area contributed by atoms with Crippen LogP contribution in [0, 0.1) is 0 Å². The lowest BCUT2D eigenvalue weighted by molar-refractivity contribution is 0.333. The number of pyridine rings is 1. The van der Waals surface area contributed by atoms with Gasteiger partial charge >= 0.3 is 6.01 Å². The van der Waals surface area contributed by atoms with Gasteiger partial charge in [-0.25, -0.2) is 9.50 Å². The van der Waals surface area contributed by atoms with Crippen LogP contribution >= 0.6 is 22.6 Å². The number of aromatic amines is 1. The van der Waals surface area contributed by atoms with Crippen molar-refractivity contribution in [1.82, 2.24) is 29.8 Å². The molecule has 0 bridgehead atoms. The van der Waals surface area contributed by atoms with Crippen LogP contribution in [0.5, 0.6) is 0 Å². The van der Waals surface area contributed by atoms with Gasteiger partial charge in [0.05, 0.1) is 23.2 Å². The zero-order chi connectivity index (χ0) is 20.2. The molecule has 1 saturated carbocycles. The van der Waals surface area contributed by atoms with E-state index in [1.54, 1.807) is 6.33 Å². The summed E-state index contributed by atoms with van der Waals surface area (Å²) < 4.78 is 8.49. The third-order valence-corrected chi connectivity index (χ3v) is 6.99. The number of alkyl halides is 1. The predicted octanol–water partition coefficient (Wildman–Crippen LogP) is 4.36. The van der Waals surface area contributed by atoms with Crippen LogP contribution in [0.4, 0.5) is 6.01 Å². The summed E-state index contributed by atoms with van der Waals surface area (Å²) in [6.07, 6.45) is 8.14. The number of anilines is 1. The molecule has 0 spiro atoms. The number of nitrogens with zero attached hydrogens (tertiary/aromatic N) is 6. The van der Waals surface area contributed by atoms with E-state index in [-0.39, 0.29) is 6.04 Å². The molecule has 8 nitrogen and oxygen atoms in total. The smallest absolute Gasteiger partial charge is 0.319 e. The quantitative estimate of drug-likeness (QED) is 0.321. The van der Waals surface area contributed by atoms with E-state index in [1.165, 1.54) is 12.0 Å². The Balaban J connectivity index is 1.46. The molecule has 1 N–H and O–H groups in total. The van der Waals surface area contributed by atoms with Gasteiger partial charge in [-0.3, -0.25) is 0 Å². The molecule has 5 heterocycles. The molecular weight excluding hydrogens is 493 g/mol. The Morgan fingerprint density at radius 3 is 3.00 bits per heavy atom. The van der Waals surface area contributed by atoms with Crippen LogP contribution in [-0.4, -0.2) is 36.3 Å². The number of rotatable bonds is 4. The van der Waals surface area contributed by atoms with E-state index in [2.05, 4.69) is 72.8 Å². The van der Waals surface area contributed by atoms with Gasteiger partial charge in [0.25, 0.3) is 0 Å². The topological polar surface area (TPSA) is 88.1 Å². The zero-order valence-electron chi connectivity index (χ0n) is 16.6. The number of fused-ring (bicyclic) bond motifs is 2. The first-order valence-corrected chi connectivity index (χ1v) is 11.7. The number of aromatic nitrogens is 6. The molecule has 4 aromatic rings. The summed E-state index contributed by atoms with van der Waals surface area (Å²) in [5, 5.41) is 13.7. The molecule has 9 heteroatoms. The van der Waals surface area contributed by atoms with Gasteiger partial charge in [-0.2, -0.15) is 5.10 Å². The highest BCUT2D eigenvalue weighted by molar-refractivity contribution is 14.1. The monoisotopic (exact) mass is 515 g/mol. The van der Waals surface area contributed by atoms with Crippen molar-refractivity contribution < 1.29 is 4.42 Å². The van der Waals surface area contributed by atoms with Crippen molar-refractivity contribution in [2.45, 2.75) is 48.5 Å². The second-order valence-electron chi connectivity index (χ2n) is 8.14. The molecule has 2 aliphatic rings. The largest absolute Gasteiger partial charge is 0.408 e. The Hall–Kier alpha value is -2.43. The van der Waals surface area contributed by atoms with E-state index in [4.69, 9.17) is 9.52 Å². The lowest BCUT2D eigenvalue weighted by Gasteiger charge is -2.32. The highest BCUT2D eigenvalue weighted by atomic mass is 127. The van der Waals surface area contributed by atoms with Crippen LogP contribution in [0.1, 0.15) is 70.6 Å². The highest BCUT2D eigenvalue weighted by Gasteiger charge is 2.37. The summed E-state index contributed by atoms with van der Waals surface area (Å²) in [6.45, 7) is 2.97. The molecule has 6 rings (SSSR count). The van der Waals surface area contributed by atoms with Crippen molar-refractivity contribution in [2.75, 3.05) is 11.4 Å². The van der Waals surface area contributed by atoms with Crippen LogP contribution < -0.4 is 4.90 Å². The minimum absolute atomic E-state index is 0.160. The molecule has 30 heavy (non-hydrogen) atoms. The molecule has 1 aliphatic heterocycles. The summed E-state index contributed by atoms with van der Waals surface area (Å²) in [5.41, 5.74) is 5.46. The van der Waals surface area contributed by atoms with Gasteiger partial charge in [-0.05, 0) is 37.5 Å². The molecule has 0 aromatic carbocycles. The van der Waals surface area contributed by atoms with Gasteiger partial charge in [-0.1, -0.05) is 40.2 Å². The second-order valence-corrected chi connectivity index (χ2v) is 10.0. The number of nitrogens with one attached hydrogen (secondary N) is 1. The van der Waals surface area contributed by atoms with Crippen LogP contribution in [0.15, 0.2) is 35.1 Å². The fourth-order valence-electron chi connectivity index (χ4n) is 4.47.